The summed E-state index contributed by atoms with van der Waals surface area (Å²) in [4.78, 5) is 25.4. The Balaban J connectivity index is 2.42. The molecule has 1 heterocycles. The number of esters is 1. The number of ether oxygens (including phenoxy) is 1. The van der Waals surface area contributed by atoms with Crippen molar-refractivity contribution in [3.63, 3.8) is 0 Å². The summed E-state index contributed by atoms with van der Waals surface area (Å²) in [7, 11) is -3.16. The highest BCUT2D eigenvalue weighted by molar-refractivity contribution is 6.04. The van der Waals surface area contributed by atoms with Crippen LogP contribution in [-0.2, 0) is 10.9 Å². The Labute approximate surface area is 155 Å². The first-order valence-electron chi connectivity index (χ1n) is 8.94. The molecule has 140 valence electrons. The lowest BCUT2D eigenvalue weighted by molar-refractivity contribution is -0.137. The van der Waals surface area contributed by atoms with E-state index >= 15 is 0 Å². The van der Waals surface area contributed by atoms with E-state index in [1.165, 1.54) is 24.3 Å². The van der Waals surface area contributed by atoms with Crippen LogP contribution < -0.4 is 17.0 Å². The molecule has 1 aromatic heterocycles. The first-order valence-corrected chi connectivity index (χ1v) is 7.44. The standard InChI is InChI=1S/C18H14F3N3O3/c1-27-17(26)14-15(23)12-7-2-9(18(19,20)21)8-13(12)24(16(14)25)11-5-3-10(22)4-6-11/h2-8H,22-23H2,1H3/i1D3. The number of hydrogen-bond acceptors (Lipinski definition) is 5. The van der Waals surface area contributed by atoms with Crippen LogP contribution in [0.5, 0.6) is 0 Å². The SMILES string of the molecule is [2H]C([2H])([2H])OC(=O)c1c(N)c2ccc(C(F)(F)F)cc2n(-c2ccc(N)cc2)c1=O. The highest BCUT2D eigenvalue weighted by Crippen LogP contribution is 2.34. The number of halogens is 3. The van der Waals surface area contributed by atoms with E-state index in [1.807, 2.05) is 0 Å². The molecular formula is C18H14F3N3O3. The zero-order chi connectivity index (χ0) is 22.4. The number of nitrogens with two attached hydrogens (primary N) is 2. The van der Waals surface area contributed by atoms with Gasteiger partial charge in [0.15, 0.2) is 0 Å². The monoisotopic (exact) mass is 380 g/mol. The third-order valence-electron chi connectivity index (χ3n) is 3.99. The number of methoxy groups -OCH3 is 1. The van der Waals surface area contributed by atoms with Gasteiger partial charge in [0.25, 0.3) is 5.56 Å². The van der Waals surface area contributed by atoms with Crippen molar-refractivity contribution in [3.05, 3.63) is 63.9 Å². The lowest BCUT2D eigenvalue weighted by Crippen LogP contribution is -2.28. The molecule has 0 fully saturated rings. The maximum absolute atomic E-state index is 13.2. The van der Waals surface area contributed by atoms with Crippen molar-refractivity contribution >= 4 is 28.2 Å². The van der Waals surface area contributed by atoms with Crippen molar-refractivity contribution in [2.45, 2.75) is 6.18 Å². The van der Waals surface area contributed by atoms with Gasteiger partial charge in [-0.05, 0) is 36.4 Å². The van der Waals surface area contributed by atoms with Crippen LogP contribution in [-0.4, -0.2) is 17.6 Å². The average Bonchev–Trinajstić information content (AvgIpc) is 2.60. The van der Waals surface area contributed by atoms with Crippen LogP contribution in [0.4, 0.5) is 24.5 Å². The normalized spacial score (nSPS) is 13.7. The predicted molar refractivity (Wildman–Crippen MR) is 94.7 cm³/mol. The molecule has 0 aliphatic carbocycles. The van der Waals surface area contributed by atoms with Crippen LogP contribution in [0.2, 0.25) is 0 Å². The molecule has 0 aliphatic rings. The summed E-state index contributed by atoms with van der Waals surface area (Å²) in [5.74, 6) is -1.52. The number of anilines is 2. The van der Waals surface area contributed by atoms with E-state index in [1.54, 1.807) is 0 Å². The molecule has 0 spiro atoms. The van der Waals surface area contributed by atoms with E-state index in [0.717, 1.165) is 16.7 Å². The van der Waals surface area contributed by atoms with E-state index in [2.05, 4.69) is 4.74 Å². The van der Waals surface area contributed by atoms with E-state index in [9.17, 15) is 22.8 Å². The van der Waals surface area contributed by atoms with Crippen LogP contribution in [0.25, 0.3) is 16.6 Å². The quantitative estimate of drug-likeness (QED) is 0.526. The Morgan fingerprint density at radius 3 is 2.41 bits per heavy atom. The van der Waals surface area contributed by atoms with E-state index in [0.29, 0.717) is 11.8 Å². The summed E-state index contributed by atoms with van der Waals surface area (Å²) >= 11 is 0. The third-order valence-corrected chi connectivity index (χ3v) is 3.99. The summed E-state index contributed by atoms with van der Waals surface area (Å²) in [6, 6.07) is 7.94. The smallest absolute Gasteiger partial charge is 0.416 e. The molecule has 3 rings (SSSR count). The predicted octanol–water partition coefficient (Wildman–Crippen LogP) is 2.96. The minimum atomic E-state index is -4.70. The van der Waals surface area contributed by atoms with Gasteiger partial charge in [0.05, 0.1) is 27.9 Å². The van der Waals surface area contributed by atoms with E-state index in [4.69, 9.17) is 15.6 Å². The molecule has 3 aromatic rings. The molecule has 0 unspecified atom stereocenters. The number of rotatable bonds is 2. The zero-order valence-electron chi connectivity index (χ0n) is 16.5. The topological polar surface area (TPSA) is 100 Å². The second-order valence-corrected chi connectivity index (χ2v) is 5.64. The van der Waals surface area contributed by atoms with Gasteiger partial charge in [-0.3, -0.25) is 9.36 Å². The first kappa shape index (κ1) is 14.7. The number of nitrogen functional groups attached to an aromatic ring is 2. The van der Waals surface area contributed by atoms with Gasteiger partial charge in [-0.25, -0.2) is 4.79 Å². The number of nitrogens with zero attached hydrogens (tertiary/aromatic N) is 1. The van der Waals surface area contributed by atoms with Gasteiger partial charge >= 0.3 is 12.1 Å². The summed E-state index contributed by atoms with van der Waals surface area (Å²) in [6.07, 6.45) is -4.70. The fourth-order valence-corrected chi connectivity index (χ4v) is 2.72. The second-order valence-electron chi connectivity index (χ2n) is 5.64. The number of fused-ring (bicyclic) bond motifs is 1. The summed E-state index contributed by atoms with van der Waals surface area (Å²) in [5, 5.41) is -0.0723. The molecule has 0 saturated carbocycles. The molecule has 6 nitrogen and oxygen atoms in total. The average molecular weight is 380 g/mol. The Hall–Kier alpha value is -3.49. The van der Waals surface area contributed by atoms with Crippen LogP contribution in [0.3, 0.4) is 0 Å². The number of carbonyl (C=O) groups excluding carboxylic acids is 1. The van der Waals surface area contributed by atoms with Gasteiger partial charge in [0, 0.05) is 16.8 Å². The van der Waals surface area contributed by atoms with Crippen LogP contribution in [0, 0.1) is 0 Å². The Morgan fingerprint density at radius 2 is 1.81 bits per heavy atom. The summed E-state index contributed by atoms with van der Waals surface area (Å²) in [5.41, 5.74) is 8.17. The highest BCUT2D eigenvalue weighted by Gasteiger charge is 2.32. The molecule has 4 N–H and O–H groups in total. The molecule has 0 amide bonds. The molecular weight excluding hydrogens is 363 g/mol. The number of alkyl halides is 3. The van der Waals surface area contributed by atoms with Gasteiger partial charge in [0.2, 0.25) is 0 Å². The van der Waals surface area contributed by atoms with Crippen molar-refractivity contribution in [1.82, 2.24) is 4.57 Å². The van der Waals surface area contributed by atoms with Crippen LogP contribution in [0.15, 0.2) is 47.3 Å². The second kappa shape index (κ2) is 6.35. The van der Waals surface area contributed by atoms with E-state index < -0.39 is 41.6 Å². The molecule has 9 heteroatoms. The number of carbonyl (C=O) groups is 1. The molecule has 2 aromatic carbocycles. The maximum Gasteiger partial charge on any atom is 0.416 e. The number of pyridine rings is 1. The van der Waals surface area contributed by atoms with Gasteiger partial charge in [0.1, 0.15) is 5.56 Å². The van der Waals surface area contributed by atoms with Crippen molar-refractivity contribution in [2.24, 2.45) is 0 Å². The number of hydrogen-bond donors (Lipinski definition) is 2. The molecule has 0 radical (unpaired) electrons. The van der Waals surface area contributed by atoms with Crippen molar-refractivity contribution in [1.29, 1.82) is 0 Å². The first-order chi connectivity index (χ1) is 13.8. The lowest BCUT2D eigenvalue weighted by Gasteiger charge is -2.17. The maximum atomic E-state index is 13.2. The van der Waals surface area contributed by atoms with Crippen LogP contribution in [0.1, 0.15) is 20.0 Å². The van der Waals surface area contributed by atoms with Gasteiger partial charge in [-0.15, -0.1) is 0 Å². The molecule has 0 bridgehead atoms. The molecule has 0 aliphatic heterocycles. The van der Waals surface area contributed by atoms with Crippen molar-refractivity contribution in [3.8, 4) is 5.69 Å². The Bertz CT molecular complexity index is 1200. The minimum absolute atomic E-state index is 0.0723. The van der Waals surface area contributed by atoms with Crippen LogP contribution >= 0.6 is 0 Å². The molecule has 27 heavy (non-hydrogen) atoms. The lowest BCUT2D eigenvalue weighted by atomic mass is 10.1. The van der Waals surface area contributed by atoms with Crippen molar-refractivity contribution < 1.29 is 26.8 Å². The molecule has 0 atom stereocenters. The summed E-state index contributed by atoms with van der Waals surface area (Å²) in [6.45, 7) is 0. The molecule has 0 saturated heterocycles. The van der Waals surface area contributed by atoms with Gasteiger partial charge < -0.3 is 16.2 Å². The number of benzene rings is 2. The highest BCUT2D eigenvalue weighted by atomic mass is 19.4. The van der Waals surface area contributed by atoms with Crippen molar-refractivity contribution in [2.75, 3.05) is 18.5 Å². The fraction of sp³-hybridized carbons (Fsp3) is 0.111. The number of aromatic nitrogens is 1. The van der Waals surface area contributed by atoms with Gasteiger partial charge in [-0.1, -0.05) is 6.07 Å². The minimum Gasteiger partial charge on any atom is -0.465 e. The fourth-order valence-electron chi connectivity index (χ4n) is 2.72. The van der Waals surface area contributed by atoms with Gasteiger partial charge in [-0.2, -0.15) is 13.2 Å². The largest absolute Gasteiger partial charge is 0.465 e. The Morgan fingerprint density at radius 1 is 1.15 bits per heavy atom. The zero-order valence-corrected chi connectivity index (χ0v) is 13.5. The Kier molecular flexibility index (Phi) is 3.44. The third kappa shape index (κ3) is 3.07. The summed E-state index contributed by atoms with van der Waals surface area (Å²) < 4.78 is 65.9. The van der Waals surface area contributed by atoms with E-state index in [-0.39, 0.29) is 16.6 Å².